The molecule has 0 saturated heterocycles. The summed E-state index contributed by atoms with van der Waals surface area (Å²) in [5.41, 5.74) is 2.34. The second-order valence-corrected chi connectivity index (χ2v) is 6.85. The molecule has 1 amide bonds. The van der Waals surface area contributed by atoms with Crippen LogP contribution in [0.15, 0.2) is 65.3 Å². The Bertz CT molecular complexity index is 1120. The maximum absolute atomic E-state index is 13.0. The van der Waals surface area contributed by atoms with Gasteiger partial charge in [0.15, 0.2) is 5.76 Å². The summed E-state index contributed by atoms with van der Waals surface area (Å²) in [5.74, 6) is 0.727. The van der Waals surface area contributed by atoms with E-state index in [4.69, 9.17) is 16.0 Å². The fraction of sp³-hybridized carbons (Fsp3) is 0.143. The lowest BCUT2D eigenvalue weighted by Crippen LogP contribution is -2.31. The van der Waals surface area contributed by atoms with Crippen LogP contribution in [0.5, 0.6) is 0 Å². The molecule has 1 N–H and O–H groups in total. The summed E-state index contributed by atoms with van der Waals surface area (Å²) < 4.78 is 7.69. The van der Waals surface area contributed by atoms with Gasteiger partial charge >= 0.3 is 0 Å². The van der Waals surface area contributed by atoms with Gasteiger partial charge in [-0.25, -0.2) is 4.98 Å². The molecule has 1 unspecified atom stereocenters. The average molecular weight is 380 g/mol. The van der Waals surface area contributed by atoms with Gasteiger partial charge in [0.1, 0.15) is 17.4 Å². The molecule has 27 heavy (non-hydrogen) atoms. The van der Waals surface area contributed by atoms with E-state index in [-0.39, 0.29) is 11.7 Å². The Morgan fingerprint density at radius 3 is 2.70 bits per heavy atom. The molecular formula is C21H18ClN3O2. The zero-order valence-corrected chi connectivity index (χ0v) is 15.7. The highest BCUT2D eigenvalue weighted by atomic mass is 35.5. The summed E-state index contributed by atoms with van der Waals surface area (Å²) in [4.78, 5) is 17.5. The van der Waals surface area contributed by atoms with E-state index in [0.717, 1.165) is 22.3 Å². The summed E-state index contributed by atoms with van der Waals surface area (Å²) in [6.07, 6.45) is 3.57. The molecule has 0 saturated carbocycles. The SMILES string of the molecule is Cc1c(C(=O)NC(c2ccccc2)c2nccn2C)oc2ccc(Cl)cc12. The molecule has 0 bridgehead atoms. The van der Waals surface area contributed by atoms with Gasteiger partial charge in [0.05, 0.1) is 0 Å². The standard InChI is InChI=1S/C21H18ClN3O2/c1-13-16-12-15(22)8-9-17(16)27-19(13)21(26)24-18(14-6-4-3-5-7-14)20-23-10-11-25(20)2/h3-12,18H,1-2H3,(H,24,26). The van der Waals surface area contributed by atoms with E-state index in [9.17, 15) is 4.79 Å². The van der Waals surface area contributed by atoms with E-state index in [2.05, 4.69) is 10.3 Å². The second-order valence-electron chi connectivity index (χ2n) is 6.41. The lowest BCUT2D eigenvalue weighted by atomic mass is 10.1. The predicted molar refractivity (Wildman–Crippen MR) is 105 cm³/mol. The number of fused-ring (bicyclic) bond motifs is 1. The summed E-state index contributed by atoms with van der Waals surface area (Å²) in [7, 11) is 1.90. The molecular weight excluding hydrogens is 362 g/mol. The van der Waals surface area contributed by atoms with Crippen molar-refractivity contribution in [1.82, 2.24) is 14.9 Å². The molecule has 2 aromatic carbocycles. The first-order chi connectivity index (χ1) is 13.0. The van der Waals surface area contributed by atoms with Gasteiger partial charge in [-0.15, -0.1) is 0 Å². The van der Waals surface area contributed by atoms with Crippen LogP contribution in [0.3, 0.4) is 0 Å². The first-order valence-corrected chi connectivity index (χ1v) is 8.94. The van der Waals surface area contributed by atoms with Crippen LogP contribution in [-0.2, 0) is 7.05 Å². The molecule has 0 spiro atoms. The molecule has 5 nitrogen and oxygen atoms in total. The normalized spacial score (nSPS) is 12.3. The minimum Gasteiger partial charge on any atom is -0.451 e. The Balaban J connectivity index is 1.73. The van der Waals surface area contributed by atoms with Crippen molar-refractivity contribution in [3.63, 3.8) is 0 Å². The number of benzene rings is 2. The van der Waals surface area contributed by atoms with Crippen LogP contribution < -0.4 is 5.32 Å². The number of aryl methyl sites for hydroxylation is 2. The largest absolute Gasteiger partial charge is 0.451 e. The molecule has 0 fully saturated rings. The van der Waals surface area contributed by atoms with Crippen LogP contribution in [0, 0.1) is 6.92 Å². The van der Waals surface area contributed by atoms with Crippen molar-refractivity contribution in [2.45, 2.75) is 13.0 Å². The minimum atomic E-state index is -0.394. The molecule has 0 aliphatic carbocycles. The van der Waals surface area contributed by atoms with Crippen LogP contribution in [-0.4, -0.2) is 15.5 Å². The van der Waals surface area contributed by atoms with Crippen LogP contribution in [0.25, 0.3) is 11.0 Å². The van der Waals surface area contributed by atoms with Crippen molar-refractivity contribution in [3.8, 4) is 0 Å². The molecule has 0 aliphatic rings. The van der Waals surface area contributed by atoms with Crippen molar-refractivity contribution in [3.05, 3.63) is 88.7 Å². The van der Waals surface area contributed by atoms with Gasteiger partial charge in [0, 0.05) is 35.4 Å². The Morgan fingerprint density at radius 1 is 1.22 bits per heavy atom. The van der Waals surface area contributed by atoms with E-state index in [1.54, 1.807) is 24.4 Å². The molecule has 2 heterocycles. The lowest BCUT2D eigenvalue weighted by Gasteiger charge is -2.18. The van der Waals surface area contributed by atoms with Gasteiger partial charge in [0.2, 0.25) is 0 Å². The molecule has 2 aromatic heterocycles. The van der Waals surface area contributed by atoms with Crippen molar-refractivity contribution >= 4 is 28.5 Å². The maximum atomic E-state index is 13.0. The average Bonchev–Trinajstić information content (AvgIpc) is 3.24. The fourth-order valence-corrected chi connectivity index (χ4v) is 3.38. The van der Waals surface area contributed by atoms with Gasteiger partial charge in [0.25, 0.3) is 5.91 Å². The quantitative estimate of drug-likeness (QED) is 0.561. The Hall–Kier alpha value is -3.05. The van der Waals surface area contributed by atoms with Gasteiger partial charge in [-0.05, 0) is 30.7 Å². The molecule has 1 atom stereocenters. The molecule has 0 aliphatic heterocycles. The first-order valence-electron chi connectivity index (χ1n) is 8.56. The van der Waals surface area contributed by atoms with Gasteiger partial charge in [-0.3, -0.25) is 4.79 Å². The van der Waals surface area contributed by atoms with Crippen LogP contribution in [0.1, 0.15) is 33.5 Å². The first kappa shape index (κ1) is 17.4. The summed E-state index contributed by atoms with van der Waals surface area (Å²) in [5, 5.41) is 4.50. The van der Waals surface area contributed by atoms with E-state index in [0.29, 0.717) is 10.6 Å². The predicted octanol–water partition coefficient (Wildman–Crippen LogP) is 4.65. The topological polar surface area (TPSA) is 60.1 Å². The van der Waals surface area contributed by atoms with Crippen molar-refractivity contribution in [2.75, 3.05) is 0 Å². The van der Waals surface area contributed by atoms with E-state index in [1.807, 2.05) is 55.1 Å². The monoisotopic (exact) mass is 379 g/mol. The Morgan fingerprint density at radius 2 is 2.00 bits per heavy atom. The molecule has 6 heteroatoms. The minimum absolute atomic E-state index is 0.280. The van der Waals surface area contributed by atoms with E-state index >= 15 is 0 Å². The van der Waals surface area contributed by atoms with Crippen molar-refractivity contribution < 1.29 is 9.21 Å². The van der Waals surface area contributed by atoms with Crippen LogP contribution in [0.2, 0.25) is 5.02 Å². The third-order valence-electron chi connectivity index (χ3n) is 4.63. The zero-order chi connectivity index (χ0) is 19.0. The number of nitrogens with one attached hydrogen (secondary N) is 1. The number of aromatic nitrogens is 2. The summed E-state index contributed by atoms with van der Waals surface area (Å²) >= 11 is 6.08. The smallest absolute Gasteiger partial charge is 0.288 e. The lowest BCUT2D eigenvalue weighted by molar-refractivity contribution is 0.0914. The summed E-state index contributed by atoms with van der Waals surface area (Å²) in [6.45, 7) is 1.86. The number of hydrogen-bond acceptors (Lipinski definition) is 3. The van der Waals surface area contributed by atoms with Gasteiger partial charge in [-0.2, -0.15) is 0 Å². The molecule has 136 valence electrons. The Kier molecular flexibility index (Phi) is 4.46. The van der Waals surface area contributed by atoms with Crippen LogP contribution >= 0.6 is 11.6 Å². The number of carbonyl (C=O) groups excluding carboxylic acids is 1. The zero-order valence-electron chi connectivity index (χ0n) is 14.9. The van der Waals surface area contributed by atoms with Crippen LogP contribution in [0.4, 0.5) is 0 Å². The summed E-state index contributed by atoms with van der Waals surface area (Å²) in [6, 6.07) is 14.7. The fourth-order valence-electron chi connectivity index (χ4n) is 3.20. The highest BCUT2D eigenvalue weighted by molar-refractivity contribution is 6.31. The van der Waals surface area contributed by atoms with Crippen molar-refractivity contribution in [1.29, 1.82) is 0 Å². The number of nitrogens with zero attached hydrogens (tertiary/aromatic N) is 2. The van der Waals surface area contributed by atoms with Gasteiger partial charge < -0.3 is 14.3 Å². The van der Waals surface area contributed by atoms with E-state index < -0.39 is 6.04 Å². The molecule has 0 radical (unpaired) electrons. The third kappa shape index (κ3) is 3.22. The highest BCUT2D eigenvalue weighted by Gasteiger charge is 2.25. The number of carbonyl (C=O) groups is 1. The van der Waals surface area contributed by atoms with E-state index in [1.165, 1.54) is 0 Å². The number of amides is 1. The number of rotatable bonds is 4. The van der Waals surface area contributed by atoms with Crippen molar-refractivity contribution in [2.24, 2.45) is 7.05 Å². The number of hydrogen-bond donors (Lipinski definition) is 1. The van der Waals surface area contributed by atoms with Gasteiger partial charge in [-0.1, -0.05) is 41.9 Å². The number of furan rings is 1. The maximum Gasteiger partial charge on any atom is 0.288 e. The number of halogens is 1. The third-order valence-corrected chi connectivity index (χ3v) is 4.86. The molecule has 4 rings (SSSR count). The molecule has 4 aromatic rings. The Labute approximate surface area is 161 Å². The highest BCUT2D eigenvalue weighted by Crippen LogP contribution is 2.29. The number of imidazole rings is 1. The second kappa shape index (κ2) is 6.93.